The molecule has 9 rings (SSSR count). The Bertz CT molecular complexity index is 2220. The van der Waals surface area contributed by atoms with Crippen molar-refractivity contribution in [3.8, 4) is 44.9 Å². The number of hydrogen-bond acceptors (Lipinski definition) is 2. The Kier molecular flexibility index (Phi) is 5.76. The predicted molar refractivity (Wildman–Crippen MR) is 184 cm³/mol. The van der Waals surface area contributed by atoms with Gasteiger partial charge in [0.1, 0.15) is 11.5 Å². The monoisotopic (exact) mass is 575 g/mol. The second-order valence-corrected chi connectivity index (χ2v) is 11.8. The third-order valence-corrected chi connectivity index (χ3v) is 9.30. The quantitative estimate of drug-likeness (QED) is 0.225. The molecule has 1 aliphatic heterocycles. The summed E-state index contributed by atoms with van der Waals surface area (Å²) in [6, 6.07) is 60.7. The molecule has 1 aliphatic carbocycles. The van der Waals surface area contributed by atoms with Gasteiger partial charge in [0.2, 0.25) is 0 Å². The van der Waals surface area contributed by atoms with Crippen LogP contribution in [0.25, 0.3) is 33.4 Å². The van der Waals surface area contributed by atoms with E-state index in [-0.39, 0.29) is 0 Å². The Morgan fingerprint density at radius 1 is 0.356 bits per heavy atom. The predicted octanol–water partition coefficient (Wildman–Crippen LogP) is 11.2. The highest BCUT2D eigenvalue weighted by atomic mass is 16.5. The fourth-order valence-corrected chi connectivity index (χ4v) is 7.36. The van der Waals surface area contributed by atoms with Crippen LogP contribution in [0.2, 0.25) is 0 Å². The molecule has 212 valence electrons. The van der Waals surface area contributed by atoms with Gasteiger partial charge in [-0.05, 0) is 87.0 Å². The van der Waals surface area contributed by atoms with Gasteiger partial charge in [0, 0.05) is 22.5 Å². The van der Waals surface area contributed by atoms with Crippen LogP contribution in [0, 0.1) is 0 Å². The standard InChI is InChI=1S/C43H29NO/c1-3-12-29(13-4-1)31-16-11-17-33(26-31)44-34-23-25-42-40(28-34)43(38-20-9-10-21-41(38)45-42)37-19-8-7-18-35(37)36-24-22-32(27-39(36)43)30-14-5-2-6-15-30/h1-28,44H. The second kappa shape index (κ2) is 10.1. The molecule has 7 aromatic carbocycles. The highest BCUT2D eigenvalue weighted by Crippen LogP contribution is 2.62. The van der Waals surface area contributed by atoms with E-state index in [0.29, 0.717) is 0 Å². The summed E-state index contributed by atoms with van der Waals surface area (Å²) in [6.07, 6.45) is 0. The zero-order chi connectivity index (χ0) is 29.8. The van der Waals surface area contributed by atoms with Gasteiger partial charge in [-0.2, -0.15) is 0 Å². The molecule has 2 heteroatoms. The topological polar surface area (TPSA) is 21.3 Å². The summed E-state index contributed by atoms with van der Waals surface area (Å²) < 4.78 is 6.66. The number of rotatable bonds is 4. The Morgan fingerprint density at radius 2 is 0.956 bits per heavy atom. The summed E-state index contributed by atoms with van der Waals surface area (Å²) in [7, 11) is 0. The maximum absolute atomic E-state index is 6.66. The molecular weight excluding hydrogens is 546 g/mol. The van der Waals surface area contributed by atoms with Crippen LogP contribution in [0.4, 0.5) is 11.4 Å². The first-order valence-corrected chi connectivity index (χ1v) is 15.4. The van der Waals surface area contributed by atoms with E-state index < -0.39 is 5.41 Å². The van der Waals surface area contributed by atoms with Gasteiger partial charge in [0.15, 0.2) is 0 Å². The van der Waals surface area contributed by atoms with Gasteiger partial charge in [-0.3, -0.25) is 0 Å². The molecular formula is C43H29NO. The highest BCUT2D eigenvalue weighted by molar-refractivity contribution is 5.90. The van der Waals surface area contributed by atoms with E-state index in [1.165, 1.54) is 44.5 Å². The van der Waals surface area contributed by atoms with Crippen LogP contribution in [0.3, 0.4) is 0 Å². The molecule has 0 amide bonds. The molecule has 0 radical (unpaired) electrons. The average Bonchev–Trinajstić information content (AvgIpc) is 3.40. The van der Waals surface area contributed by atoms with Crippen molar-refractivity contribution in [2.45, 2.75) is 5.41 Å². The minimum Gasteiger partial charge on any atom is -0.457 e. The van der Waals surface area contributed by atoms with Crippen molar-refractivity contribution < 1.29 is 4.74 Å². The van der Waals surface area contributed by atoms with E-state index in [9.17, 15) is 0 Å². The number of hydrogen-bond donors (Lipinski definition) is 1. The number of nitrogens with one attached hydrogen (secondary N) is 1. The van der Waals surface area contributed by atoms with Crippen molar-refractivity contribution in [1.82, 2.24) is 0 Å². The SMILES string of the molecule is c1ccc(-c2cccc(Nc3ccc4c(c3)C3(c5ccccc5O4)c4ccccc4-c4ccc(-c5ccccc5)cc43)c2)cc1. The molecule has 1 N–H and O–H groups in total. The van der Waals surface area contributed by atoms with E-state index in [1.807, 2.05) is 0 Å². The minimum absolute atomic E-state index is 0.537. The lowest BCUT2D eigenvalue weighted by molar-refractivity contribution is 0.436. The lowest BCUT2D eigenvalue weighted by Crippen LogP contribution is -2.32. The zero-order valence-electron chi connectivity index (χ0n) is 24.6. The number of para-hydroxylation sites is 1. The van der Waals surface area contributed by atoms with Crippen molar-refractivity contribution in [3.63, 3.8) is 0 Å². The fraction of sp³-hybridized carbons (Fsp3) is 0.0233. The van der Waals surface area contributed by atoms with E-state index in [1.54, 1.807) is 0 Å². The molecule has 2 aliphatic rings. The molecule has 0 bridgehead atoms. The summed E-state index contributed by atoms with van der Waals surface area (Å²) in [5, 5.41) is 3.72. The smallest absolute Gasteiger partial charge is 0.132 e. The van der Waals surface area contributed by atoms with Gasteiger partial charge in [0.25, 0.3) is 0 Å². The lowest BCUT2D eigenvalue weighted by Gasteiger charge is -2.39. The molecule has 1 unspecified atom stereocenters. The number of anilines is 2. The summed E-state index contributed by atoms with van der Waals surface area (Å²) >= 11 is 0. The van der Waals surface area contributed by atoms with Crippen molar-refractivity contribution in [1.29, 1.82) is 0 Å². The Morgan fingerprint density at radius 3 is 1.76 bits per heavy atom. The van der Waals surface area contributed by atoms with E-state index in [2.05, 4.69) is 175 Å². The van der Waals surface area contributed by atoms with Crippen LogP contribution in [0.15, 0.2) is 170 Å². The molecule has 0 aromatic heterocycles. The van der Waals surface area contributed by atoms with Crippen LogP contribution in [0.1, 0.15) is 22.3 Å². The van der Waals surface area contributed by atoms with Gasteiger partial charge >= 0.3 is 0 Å². The summed E-state index contributed by atoms with van der Waals surface area (Å²) in [5.41, 5.74) is 13.7. The van der Waals surface area contributed by atoms with Crippen LogP contribution < -0.4 is 10.1 Å². The third kappa shape index (κ3) is 3.96. The highest BCUT2D eigenvalue weighted by Gasteiger charge is 2.51. The molecule has 1 spiro atoms. The normalized spacial score (nSPS) is 15.4. The Balaban J connectivity index is 1.26. The molecule has 7 aromatic rings. The van der Waals surface area contributed by atoms with Gasteiger partial charge in [-0.25, -0.2) is 0 Å². The minimum atomic E-state index is -0.537. The Labute approximate surface area is 263 Å². The van der Waals surface area contributed by atoms with Crippen molar-refractivity contribution in [3.05, 3.63) is 192 Å². The van der Waals surface area contributed by atoms with Gasteiger partial charge in [-0.15, -0.1) is 0 Å². The summed E-state index contributed by atoms with van der Waals surface area (Å²) in [5.74, 6) is 1.78. The lowest BCUT2D eigenvalue weighted by atomic mass is 9.66. The number of fused-ring (bicyclic) bond motifs is 9. The first-order valence-electron chi connectivity index (χ1n) is 15.4. The molecule has 1 heterocycles. The average molecular weight is 576 g/mol. The number of benzene rings is 7. The maximum Gasteiger partial charge on any atom is 0.132 e. The van der Waals surface area contributed by atoms with Gasteiger partial charge in [0.05, 0.1) is 5.41 Å². The van der Waals surface area contributed by atoms with Crippen LogP contribution in [0.5, 0.6) is 11.5 Å². The van der Waals surface area contributed by atoms with E-state index in [4.69, 9.17) is 4.74 Å². The first-order chi connectivity index (χ1) is 22.3. The van der Waals surface area contributed by atoms with Crippen LogP contribution in [-0.4, -0.2) is 0 Å². The largest absolute Gasteiger partial charge is 0.457 e. The van der Waals surface area contributed by atoms with E-state index in [0.717, 1.165) is 34.0 Å². The Hall–Kier alpha value is -5.86. The molecule has 0 saturated heterocycles. The van der Waals surface area contributed by atoms with Gasteiger partial charge in [-0.1, -0.05) is 127 Å². The molecule has 45 heavy (non-hydrogen) atoms. The summed E-state index contributed by atoms with van der Waals surface area (Å²) in [6.45, 7) is 0. The first kappa shape index (κ1) is 25.6. The molecule has 0 saturated carbocycles. The van der Waals surface area contributed by atoms with Crippen LogP contribution in [-0.2, 0) is 5.41 Å². The van der Waals surface area contributed by atoms with Gasteiger partial charge < -0.3 is 10.1 Å². The second-order valence-electron chi connectivity index (χ2n) is 11.8. The van der Waals surface area contributed by atoms with Crippen molar-refractivity contribution >= 4 is 11.4 Å². The van der Waals surface area contributed by atoms with Crippen LogP contribution >= 0.6 is 0 Å². The summed E-state index contributed by atoms with van der Waals surface area (Å²) in [4.78, 5) is 0. The number of ether oxygens (including phenoxy) is 1. The van der Waals surface area contributed by atoms with E-state index >= 15 is 0 Å². The van der Waals surface area contributed by atoms with Crippen molar-refractivity contribution in [2.75, 3.05) is 5.32 Å². The molecule has 2 nitrogen and oxygen atoms in total. The maximum atomic E-state index is 6.66. The zero-order valence-corrected chi connectivity index (χ0v) is 24.6. The molecule has 0 fully saturated rings. The van der Waals surface area contributed by atoms with Crippen molar-refractivity contribution in [2.24, 2.45) is 0 Å². The molecule has 1 atom stereocenters. The fourth-order valence-electron chi connectivity index (χ4n) is 7.36. The third-order valence-electron chi connectivity index (χ3n) is 9.30.